The van der Waals surface area contributed by atoms with Crippen molar-refractivity contribution < 1.29 is 27.5 Å². The van der Waals surface area contributed by atoms with Gasteiger partial charge in [-0.2, -0.15) is 13.2 Å². The first-order valence-electron chi connectivity index (χ1n) is 11.5. The molecule has 0 atom stereocenters. The maximum absolute atomic E-state index is 13.2. The quantitative estimate of drug-likeness (QED) is 0.420. The van der Waals surface area contributed by atoms with Gasteiger partial charge in [-0.25, -0.2) is 4.98 Å². The zero-order chi connectivity index (χ0) is 27.4. The van der Waals surface area contributed by atoms with Gasteiger partial charge in [0.2, 0.25) is 11.8 Å². The van der Waals surface area contributed by atoms with Crippen LogP contribution in [0.25, 0.3) is 5.57 Å². The highest BCUT2D eigenvalue weighted by Crippen LogP contribution is 2.30. The number of aryl methyl sites for hydroxylation is 1. The number of carbonyl (C=O) groups is 2. The van der Waals surface area contributed by atoms with Crippen LogP contribution in [0.5, 0.6) is 5.88 Å². The number of benzene rings is 2. The van der Waals surface area contributed by atoms with E-state index in [1.807, 2.05) is 37.3 Å². The fraction of sp³-hybridized carbons (Fsp3) is 0.250. The van der Waals surface area contributed by atoms with Gasteiger partial charge in [-0.15, -0.1) is 0 Å². The van der Waals surface area contributed by atoms with Gasteiger partial charge in [-0.05, 0) is 69.0 Å². The molecule has 0 aliphatic carbocycles. The fourth-order valence-electron chi connectivity index (χ4n) is 3.53. The molecule has 194 valence electrons. The molecular formula is C28H28F3N3O3. The first-order valence-corrected chi connectivity index (χ1v) is 11.5. The number of nitrogens with zero attached hydrogens (tertiary/aromatic N) is 1. The van der Waals surface area contributed by atoms with E-state index in [2.05, 4.69) is 10.3 Å². The van der Waals surface area contributed by atoms with Gasteiger partial charge in [0.25, 0.3) is 5.91 Å². The van der Waals surface area contributed by atoms with Gasteiger partial charge in [0.1, 0.15) is 0 Å². The number of hydrogen-bond acceptors (Lipinski definition) is 4. The van der Waals surface area contributed by atoms with Gasteiger partial charge >= 0.3 is 6.18 Å². The van der Waals surface area contributed by atoms with Crippen molar-refractivity contribution in [3.05, 3.63) is 100 Å². The second-order valence-corrected chi connectivity index (χ2v) is 9.16. The normalized spacial score (nSPS) is 12.5. The number of allylic oxidation sites excluding steroid dienone is 2. The number of nitrogens with two attached hydrogens (primary N) is 1. The van der Waals surface area contributed by atoms with Crippen LogP contribution in [0.15, 0.2) is 72.6 Å². The largest absolute Gasteiger partial charge is 0.462 e. The molecular weight excluding hydrogens is 483 g/mol. The molecule has 3 aromatic rings. The van der Waals surface area contributed by atoms with Gasteiger partial charge < -0.3 is 15.8 Å². The van der Waals surface area contributed by atoms with E-state index in [9.17, 15) is 22.8 Å². The number of alkyl halides is 3. The van der Waals surface area contributed by atoms with Crippen LogP contribution in [-0.2, 0) is 17.4 Å². The molecule has 1 heterocycles. The number of primary amides is 1. The number of carbonyl (C=O) groups excluding carboxylic acids is 2. The SMILES string of the molecule is C/C(NC(=O)C(C)(C)Oc1ccc(C(F)(F)F)cn1)=C(\Cc1ccc(C)cc1)c1cccc(C(N)=O)c1. The van der Waals surface area contributed by atoms with E-state index < -0.39 is 29.2 Å². The fourth-order valence-corrected chi connectivity index (χ4v) is 3.53. The lowest BCUT2D eigenvalue weighted by molar-refractivity contribution is -0.138. The van der Waals surface area contributed by atoms with Crippen molar-refractivity contribution in [3.63, 3.8) is 0 Å². The number of rotatable bonds is 8. The van der Waals surface area contributed by atoms with E-state index in [0.29, 0.717) is 29.4 Å². The summed E-state index contributed by atoms with van der Waals surface area (Å²) in [6.45, 7) is 6.69. The molecule has 2 amide bonds. The van der Waals surface area contributed by atoms with Crippen molar-refractivity contribution in [2.75, 3.05) is 0 Å². The van der Waals surface area contributed by atoms with Crippen LogP contribution in [0.1, 0.15) is 53.4 Å². The predicted molar refractivity (Wildman–Crippen MR) is 135 cm³/mol. The average Bonchev–Trinajstić information content (AvgIpc) is 2.83. The lowest BCUT2D eigenvalue weighted by Gasteiger charge is -2.26. The Morgan fingerprint density at radius 3 is 2.22 bits per heavy atom. The number of ether oxygens (including phenoxy) is 1. The summed E-state index contributed by atoms with van der Waals surface area (Å²) < 4.78 is 44.1. The van der Waals surface area contributed by atoms with Gasteiger partial charge in [-0.3, -0.25) is 9.59 Å². The number of amides is 2. The lowest BCUT2D eigenvalue weighted by Crippen LogP contribution is -2.46. The number of nitrogens with one attached hydrogen (secondary N) is 1. The van der Waals surface area contributed by atoms with Gasteiger partial charge in [0, 0.05) is 23.5 Å². The molecule has 0 aliphatic heterocycles. The Morgan fingerprint density at radius 2 is 1.65 bits per heavy atom. The van der Waals surface area contributed by atoms with Crippen molar-refractivity contribution in [2.24, 2.45) is 5.73 Å². The number of hydrogen-bond donors (Lipinski definition) is 2. The Bertz CT molecular complexity index is 1310. The van der Waals surface area contributed by atoms with E-state index in [0.717, 1.165) is 28.8 Å². The molecule has 0 unspecified atom stereocenters. The Labute approximate surface area is 213 Å². The summed E-state index contributed by atoms with van der Waals surface area (Å²) in [6.07, 6.45) is -3.42. The molecule has 1 aromatic heterocycles. The predicted octanol–water partition coefficient (Wildman–Crippen LogP) is 5.46. The summed E-state index contributed by atoms with van der Waals surface area (Å²) in [5.41, 5.74) is 7.48. The molecule has 2 aromatic carbocycles. The van der Waals surface area contributed by atoms with Crippen molar-refractivity contribution in [1.82, 2.24) is 10.3 Å². The molecule has 0 bridgehead atoms. The smallest absolute Gasteiger partial charge is 0.417 e. The van der Waals surface area contributed by atoms with Crippen molar-refractivity contribution in [3.8, 4) is 5.88 Å². The Kier molecular flexibility index (Phi) is 8.06. The van der Waals surface area contributed by atoms with Crippen LogP contribution in [0, 0.1) is 6.92 Å². The number of aromatic nitrogens is 1. The molecule has 0 spiro atoms. The Hall–Kier alpha value is -4.14. The highest BCUT2D eigenvalue weighted by atomic mass is 19.4. The molecule has 0 saturated carbocycles. The minimum atomic E-state index is -4.53. The molecule has 3 N–H and O–H groups in total. The van der Waals surface area contributed by atoms with Crippen LogP contribution in [0.3, 0.4) is 0 Å². The first-order chi connectivity index (χ1) is 17.3. The zero-order valence-corrected chi connectivity index (χ0v) is 20.9. The minimum Gasteiger partial charge on any atom is -0.462 e. The van der Waals surface area contributed by atoms with Crippen molar-refractivity contribution in [1.29, 1.82) is 0 Å². The van der Waals surface area contributed by atoms with E-state index in [1.165, 1.54) is 13.8 Å². The van der Waals surface area contributed by atoms with Crippen LogP contribution >= 0.6 is 0 Å². The summed E-state index contributed by atoms with van der Waals surface area (Å²) in [5, 5.41) is 2.85. The topological polar surface area (TPSA) is 94.3 Å². The molecule has 37 heavy (non-hydrogen) atoms. The van der Waals surface area contributed by atoms with Crippen LogP contribution in [0.2, 0.25) is 0 Å². The summed E-state index contributed by atoms with van der Waals surface area (Å²) in [4.78, 5) is 28.6. The first kappa shape index (κ1) is 27.4. The van der Waals surface area contributed by atoms with Crippen molar-refractivity contribution >= 4 is 17.4 Å². The van der Waals surface area contributed by atoms with Crippen LogP contribution in [-0.4, -0.2) is 22.4 Å². The van der Waals surface area contributed by atoms with Gasteiger partial charge in [0.15, 0.2) is 5.60 Å². The molecule has 9 heteroatoms. The van der Waals surface area contributed by atoms with Crippen molar-refractivity contribution in [2.45, 2.75) is 45.9 Å². The molecule has 0 radical (unpaired) electrons. The highest BCUT2D eigenvalue weighted by molar-refractivity contribution is 5.94. The number of halogens is 3. The molecule has 0 fully saturated rings. The summed E-state index contributed by atoms with van der Waals surface area (Å²) >= 11 is 0. The summed E-state index contributed by atoms with van der Waals surface area (Å²) in [6, 6.07) is 16.6. The van der Waals surface area contributed by atoms with Gasteiger partial charge in [0.05, 0.1) is 5.56 Å². The third kappa shape index (κ3) is 7.19. The Morgan fingerprint density at radius 1 is 1.00 bits per heavy atom. The minimum absolute atomic E-state index is 0.121. The molecule has 0 saturated heterocycles. The van der Waals surface area contributed by atoms with E-state index in [-0.39, 0.29) is 5.88 Å². The third-order valence-electron chi connectivity index (χ3n) is 5.72. The second kappa shape index (κ2) is 10.9. The molecule has 3 rings (SSSR count). The Balaban J connectivity index is 1.89. The van der Waals surface area contributed by atoms with Crippen LogP contribution < -0.4 is 15.8 Å². The summed E-state index contributed by atoms with van der Waals surface area (Å²) in [5.74, 6) is -1.22. The van der Waals surface area contributed by atoms with E-state index >= 15 is 0 Å². The monoisotopic (exact) mass is 511 g/mol. The maximum atomic E-state index is 13.2. The lowest BCUT2D eigenvalue weighted by atomic mass is 9.94. The molecule has 6 nitrogen and oxygen atoms in total. The zero-order valence-electron chi connectivity index (χ0n) is 20.9. The maximum Gasteiger partial charge on any atom is 0.417 e. The third-order valence-corrected chi connectivity index (χ3v) is 5.72. The average molecular weight is 512 g/mol. The van der Waals surface area contributed by atoms with E-state index in [1.54, 1.807) is 25.1 Å². The second-order valence-electron chi connectivity index (χ2n) is 9.16. The van der Waals surface area contributed by atoms with Gasteiger partial charge in [-0.1, -0.05) is 42.0 Å². The summed E-state index contributed by atoms with van der Waals surface area (Å²) in [7, 11) is 0. The standard InChI is InChI=1S/C28H28F3N3O3/c1-17-8-10-19(11-9-17)14-23(20-6-5-7-21(15-20)25(32)35)18(2)34-26(36)27(3,4)37-24-13-12-22(16-33-24)28(29,30)31/h5-13,15-16H,14H2,1-4H3,(H2,32,35)(H,34,36)/b23-18-. The number of pyridine rings is 1. The highest BCUT2D eigenvalue weighted by Gasteiger charge is 2.33. The molecule has 0 aliphatic rings. The van der Waals surface area contributed by atoms with Crippen LogP contribution in [0.4, 0.5) is 13.2 Å². The van der Waals surface area contributed by atoms with E-state index in [4.69, 9.17) is 10.5 Å².